The second kappa shape index (κ2) is 7.74. The molecule has 1 atom stereocenters. The monoisotopic (exact) mass is 368 g/mol. The second-order valence-corrected chi connectivity index (χ2v) is 7.51. The van der Waals surface area contributed by atoms with Crippen molar-refractivity contribution >= 4 is 40.9 Å². The Hall–Kier alpha value is -2.60. The highest BCUT2D eigenvalue weighted by atomic mass is 32.2. The summed E-state index contributed by atoms with van der Waals surface area (Å²) in [6.45, 7) is 3.92. The molecule has 1 N–H and O–H groups in total. The number of anilines is 2. The number of hydrogen-bond donors (Lipinski definition) is 1. The Morgan fingerprint density at radius 3 is 2.23 bits per heavy atom. The molecule has 5 nitrogen and oxygen atoms in total. The molecule has 0 saturated carbocycles. The van der Waals surface area contributed by atoms with Gasteiger partial charge in [-0.1, -0.05) is 35.4 Å². The van der Waals surface area contributed by atoms with Crippen molar-refractivity contribution in [1.29, 1.82) is 0 Å². The van der Waals surface area contributed by atoms with Crippen LogP contribution in [-0.4, -0.2) is 28.7 Å². The van der Waals surface area contributed by atoms with E-state index >= 15 is 0 Å². The van der Waals surface area contributed by atoms with Crippen LogP contribution < -0.4 is 10.2 Å². The lowest BCUT2D eigenvalue weighted by atomic mass is 10.2. The Morgan fingerprint density at radius 2 is 1.62 bits per heavy atom. The number of nitrogens with zero attached hydrogens (tertiary/aromatic N) is 1. The third kappa shape index (κ3) is 4.14. The standard InChI is InChI=1S/C20H20N2O3S/c1-13-3-7-15(8-4-13)21-18(23)12-26-17-11-19(24)22(20(17)25)16-9-5-14(2)6-10-16/h3-10,17H,11-12H2,1-2H3,(H,21,23)/t17-/m1/s1. The number of carbonyl (C=O) groups excluding carboxylic acids is 3. The van der Waals surface area contributed by atoms with Crippen LogP contribution in [-0.2, 0) is 14.4 Å². The molecule has 0 bridgehead atoms. The molecule has 0 aliphatic carbocycles. The molecule has 1 heterocycles. The van der Waals surface area contributed by atoms with Crippen LogP contribution in [0.3, 0.4) is 0 Å². The zero-order chi connectivity index (χ0) is 18.7. The van der Waals surface area contributed by atoms with E-state index in [1.54, 1.807) is 12.1 Å². The summed E-state index contributed by atoms with van der Waals surface area (Å²) in [6.07, 6.45) is 0.120. The molecule has 2 aromatic rings. The van der Waals surface area contributed by atoms with E-state index in [0.29, 0.717) is 5.69 Å². The molecule has 1 aliphatic heterocycles. The highest BCUT2D eigenvalue weighted by Gasteiger charge is 2.39. The van der Waals surface area contributed by atoms with E-state index in [-0.39, 0.29) is 29.9 Å². The molecular formula is C20H20N2O3S. The van der Waals surface area contributed by atoms with E-state index in [1.807, 2.05) is 50.2 Å². The smallest absolute Gasteiger partial charge is 0.247 e. The lowest BCUT2D eigenvalue weighted by molar-refractivity contribution is -0.121. The Labute approximate surface area is 156 Å². The third-order valence-corrected chi connectivity index (χ3v) is 5.35. The SMILES string of the molecule is Cc1ccc(NC(=O)CS[C@@H]2CC(=O)N(c3ccc(C)cc3)C2=O)cc1. The fourth-order valence-electron chi connectivity index (χ4n) is 2.71. The fraction of sp³-hybridized carbons (Fsp3) is 0.250. The van der Waals surface area contributed by atoms with Crippen molar-refractivity contribution in [1.82, 2.24) is 0 Å². The van der Waals surface area contributed by atoms with Crippen molar-refractivity contribution in [3.63, 3.8) is 0 Å². The summed E-state index contributed by atoms with van der Waals surface area (Å²) in [6, 6.07) is 14.8. The van der Waals surface area contributed by atoms with Crippen molar-refractivity contribution in [2.24, 2.45) is 0 Å². The summed E-state index contributed by atoms with van der Waals surface area (Å²) in [5, 5.41) is 2.28. The topological polar surface area (TPSA) is 66.5 Å². The van der Waals surface area contributed by atoms with Crippen LogP contribution in [0.2, 0.25) is 0 Å². The molecule has 0 aromatic heterocycles. The van der Waals surface area contributed by atoms with Crippen LogP contribution in [0.15, 0.2) is 48.5 Å². The largest absolute Gasteiger partial charge is 0.325 e. The summed E-state index contributed by atoms with van der Waals surface area (Å²) >= 11 is 1.20. The van der Waals surface area contributed by atoms with Gasteiger partial charge < -0.3 is 5.32 Å². The van der Waals surface area contributed by atoms with E-state index in [2.05, 4.69) is 5.32 Å². The Morgan fingerprint density at radius 1 is 1.04 bits per heavy atom. The van der Waals surface area contributed by atoms with Gasteiger partial charge in [-0.15, -0.1) is 11.8 Å². The van der Waals surface area contributed by atoms with Crippen molar-refractivity contribution in [3.05, 3.63) is 59.7 Å². The van der Waals surface area contributed by atoms with Gasteiger partial charge in [-0.25, -0.2) is 4.90 Å². The molecule has 134 valence electrons. The van der Waals surface area contributed by atoms with Crippen LogP contribution in [0.5, 0.6) is 0 Å². The van der Waals surface area contributed by atoms with Crippen LogP contribution in [0.25, 0.3) is 0 Å². The molecule has 2 aromatic carbocycles. The second-order valence-electron chi connectivity index (χ2n) is 6.32. The zero-order valence-corrected chi connectivity index (χ0v) is 15.5. The van der Waals surface area contributed by atoms with Gasteiger partial charge in [0.15, 0.2) is 0 Å². The van der Waals surface area contributed by atoms with Gasteiger partial charge in [0.2, 0.25) is 17.7 Å². The van der Waals surface area contributed by atoms with Gasteiger partial charge in [-0.2, -0.15) is 0 Å². The predicted octanol–water partition coefficient (Wildman–Crippen LogP) is 3.31. The van der Waals surface area contributed by atoms with E-state index in [1.165, 1.54) is 16.7 Å². The maximum atomic E-state index is 12.6. The lowest BCUT2D eigenvalue weighted by Gasteiger charge is -2.15. The first-order valence-electron chi connectivity index (χ1n) is 8.35. The number of thioether (sulfide) groups is 1. The van der Waals surface area contributed by atoms with Crippen LogP contribution in [0.1, 0.15) is 17.5 Å². The Balaban J connectivity index is 1.57. The van der Waals surface area contributed by atoms with Crippen molar-refractivity contribution in [2.45, 2.75) is 25.5 Å². The highest BCUT2D eigenvalue weighted by molar-refractivity contribution is 8.01. The molecule has 0 spiro atoms. The van der Waals surface area contributed by atoms with Gasteiger partial charge in [0.25, 0.3) is 0 Å². The van der Waals surface area contributed by atoms with Crippen LogP contribution >= 0.6 is 11.8 Å². The van der Waals surface area contributed by atoms with Crippen molar-refractivity contribution in [2.75, 3.05) is 16.0 Å². The van der Waals surface area contributed by atoms with E-state index in [0.717, 1.165) is 16.8 Å². The first kappa shape index (κ1) is 18.2. The highest BCUT2D eigenvalue weighted by Crippen LogP contribution is 2.29. The summed E-state index contributed by atoms with van der Waals surface area (Å²) in [7, 11) is 0. The number of rotatable bonds is 5. The van der Waals surface area contributed by atoms with E-state index < -0.39 is 5.25 Å². The molecular weight excluding hydrogens is 348 g/mol. The molecule has 1 fully saturated rings. The van der Waals surface area contributed by atoms with Gasteiger partial charge in [0.1, 0.15) is 0 Å². The minimum absolute atomic E-state index is 0.120. The number of amides is 3. The number of nitrogens with one attached hydrogen (secondary N) is 1. The zero-order valence-electron chi connectivity index (χ0n) is 14.7. The average Bonchev–Trinajstić information content (AvgIpc) is 2.90. The number of hydrogen-bond acceptors (Lipinski definition) is 4. The molecule has 3 amide bonds. The van der Waals surface area contributed by atoms with Crippen LogP contribution in [0.4, 0.5) is 11.4 Å². The predicted molar refractivity (Wildman–Crippen MR) is 104 cm³/mol. The Kier molecular flexibility index (Phi) is 5.42. The summed E-state index contributed by atoms with van der Waals surface area (Å²) < 4.78 is 0. The molecule has 26 heavy (non-hydrogen) atoms. The van der Waals surface area contributed by atoms with E-state index in [4.69, 9.17) is 0 Å². The van der Waals surface area contributed by atoms with Gasteiger partial charge >= 0.3 is 0 Å². The molecule has 0 radical (unpaired) electrons. The first-order chi connectivity index (χ1) is 12.4. The molecule has 0 unspecified atom stereocenters. The maximum absolute atomic E-state index is 12.6. The third-order valence-electron chi connectivity index (χ3n) is 4.15. The number of benzene rings is 2. The molecule has 1 aliphatic rings. The van der Waals surface area contributed by atoms with Crippen LogP contribution in [0, 0.1) is 13.8 Å². The minimum atomic E-state index is -0.521. The average molecular weight is 368 g/mol. The Bertz CT molecular complexity index is 831. The van der Waals surface area contributed by atoms with E-state index in [9.17, 15) is 14.4 Å². The summed E-state index contributed by atoms with van der Waals surface area (Å²) in [5.41, 5.74) is 3.48. The molecule has 3 rings (SSSR count). The minimum Gasteiger partial charge on any atom is -0.325 e. The quantitative estimate of drug-likeness (QED) is 0.823. The fourth-order valence-corrected chi connectivity index (χ4v) is 3.64. The summed E-state index contributed by atoms with van der Waals surface area (Å²) in [4.78, 5) is 38.1. The number of aryl methyl sites for hydroxylation is 2. The van der Waals surface area contributed by atoms with Gasteiger partial charge in [0.05, 0.1) is 16.7 Å². The molecule has 1 saturated heterocycles. The first-order valence-corrected chi connectivity index (χ1v) is 9.40. The number of imide groups is 1. The van der Waals surface area contributed by atoms with Crippen molar-refractivity contribution in [3.8, 4) is 0 Å². The van der Waals surface area contributed by atoms with Crippen molar-refractivity contribution < 1.29 is 14.4 Å². The lowest BCUT2D eigenvalue weighted by Crippen LogP contribution is -2.31. The maximum Gasteiger partial charge on any atom is 0.247 e. The van der Waals surface area contributed by atoms with Gasteiger partial charge in [-0.05, 0) is 38.1 Å². The van der Waals surface area contributed by atoms with Gasteiger partial charge in [-0.3, -0.25) is 14.4 Å². The molecule has 6 heteroatoms. The normalized spacial score (nSPS) is 16.8. The van der Waals surface area contributed by atoms with Gasteiger partial charge in [0, 0.05) is 12.1 Å². The number of carbonyl (C=O) groups is 3. The summed E-state index contributed by atoms with van der Waals surface area (Å²) in [5.74, 6) is -0.547.